The number of methoxy groups -OCH3 is 2. The molecule has 0 saturated heterocycles. The lowest BCUT2D eigenvalue weighted by atomic mass is 10.0. The minimum absolute atomic E-state index is 0.00438. The van der Waals surface area contributed by atoms with Gasteiger partial charge in [0, 0.05) is 5.56 Å². The van der Waals surface area contributed by atoms with Crippen LogP contribution in [0.2, 0.25) is 0 Å². The van der Waals surface area contributed by atoms with Crippen molar-refractivity contribution in [3.63, 3.8) is 0 Å². The zero-order valence-corrected chi connectivity index (χ0v) is 11.4. The second-order valence-corrected chi connectivity index (χ2v) is 4.07. The predicted octanol–water partition coefficient (Wildman–Crippen LogP) is 1.32. The minimum atomic E-state index is -0.922. The molecule has 3 N–H and O–H groups in total. The largest absolute Gasteiger partial charge is 0.480 e. The number of hydrazine groups is 1. The van der Waals surface area contributed by atoms with E-state index in [0.717, 1.165) is 18.2 Å². The van der Waals surface area contributed by atoms with Gasteiger partial charge in [-0.05, 0) is 18.2 Å². The zero-order valence-electron chi connectivity index (χ0n) is 11.4. The quantitative estimate of drug-likeness (QED) is 0.640. The lowest BCUT2D eigenvalue weighted by molar-refractivity contribution is 0.352. The monoisotopic (exact) mass is 296 g/mol. The van der Waals surface area contributed by atoms with E-state index in [1.165, 1.54) is 20.4 Å². The van der Waals surface area contributed by atoms with Crippen LogP contribution < -0.4 is 20.7 Å². The molecule has 6 nitrogen and oxygen atoms in total. The molecular formula is C13H14F2N4O2. The van der Waals surface area contributed by atoms with Crippen molar-refractivity contribution < 1.29 is 18.3 Å². The van der Waals surface area contributed by atoms with Crippen LogP contribution >= 0.6 is 0 Å². The van der Waals surface area contributed by atoms with E-state index in [-0.39, 0.29) is 23.0 Å². The van der Waals surface area contributed by atoms with E-state index in [2.05, 4.69) is 15.4 Å². The molecule has 1 atom stereocenters. The molecule has 1 aromatic carbocycles. The van der Waals surface area contributed by atoms with Crippen LogP contribution in [-0.4, -0.2) is 24.2 Å². The second-order valence-electron chi connectivity index (χ2n) is 4.07. The topological polar surface area (TPSA) is 82.3 Å². The Hall–Kier alpha value is -2.32. The van der Waals surface area contributed by atoms with Crippen LogP contribution in [0.15, 0.2) is 24.4 Å². The van der Waals surface area contributed by atoms with Crippen molar-refractivity contribution in [1.29, 1.82) is 0 Å². The molecule has 21 heavy (non-hydrogen) atoms. The Bertz CT molecular complexity index is 640. The SMILES string of the molecule is COc1cnc(C(NN)c2cc(F)ccc2F)c(OC)n1. The van der Waals surface area contributed by atoms with Crippen molar-refractivity contribution in [2.45, 2.75) is 6.04 Å². The van der Waals surface area contributed by atoms with Crippen LogP contribution in [-0.2, 0) is 0 Å². The molecule has 0 amide bonds. The first-order valence-electron chi connectivity index (χ1n) is 5.96. The van der Waals surface area contributed by atoms with Gasteiger partial charge in [0.2, 0.25) is 11.8 Å². The molecule has 2 aromatic rings. The smallest absolute Gasteiger partial charge is 0.240 e. The van der Waals surface area contributed by atoms with Gasteiger partial charge in [0.15, 0.2) is 0 Å². The van der Waals surface area contributed by atoms with Gasteiger partial charge in [-0.25, -0.2) is 19.2 Å². The molecule has 0 spiro atoms. The van der Waals surface area contributed by atoms with E-state index >= 15 is 0 Å². The van der Waals surface area contributed by atoms with E-state index in [0.29, 0.717) is 0 Å². The molecule has 8 heteroatoms. The average Bonchev–Trinajstić information content (AvgIpc) is 2.51. The van der Waals surface area contributed by atoms with Crippen LogP contribution in [0.25, 0.3) is 0 Å². The van der Waals surface area contributed by atoms with Gasteiger partial charge in [-0.15, -0.1) is 0 Å². The number of hydrogen-bond donors (Lipinski definition) is 2. The maximum absolute atomic E-state index is 13.9. The third kappa shape index (κ3) is 3.06. The molecule has 2 rings (SSSR count). The first-order chi connectivity index (χ1) is 10.1. The van der Waals surface area contributed by atoms with Gasteiger partial charge < -0.3 is 9.47 Å². The third-order valence-electron chi connectivity index (χ3n) is 2.86. The normalized spacial score (nSPS) is 12.0. The maximum atomic E-state index is 13.9. The highest BCUT2D eigenvalue weighted by Gasteiger charge is 2.24. The van der Waals surface area contributed by atoms with Crippen molar-refractivity contribution in [3.05, 3.63) is 47.3 Å². The minimum Gasteiger partial charge on any atom is -0.480 e. The van der Waals surface area contributed by atoms with E-state index in [9.17, 15) is 8.78 Å². The summed E-state index contributed by atoms with van der Waals surface area (Å²) in [7, 11) is 2.80. The van der Waals surface area contributed by atoms with Gasteiger partial charge in [-0.1, -0.05) is 0 Å². The summed E-state index contributed by atoms with van der Waals surface area (Å²) in [5.41, 5.74) is 2.59. The van der Waals surface area contributed by atoms with Crippen molar-refractivity contribution >= 4 is 0 Å². The molecule has 1 unspecified atom stereocenters. The second kappa shape index (κ2) is 6.42. The first-order valence-corrected chi connectivity index (χ1v) is 5.96. The average molecular weight is 296 g/mol. The Labute approximate surface area is 119 Å². The van der Waals surface area contributed by atoms with Gasteiger partial charge >= 0.3 is 0 Å². The molecule has 0 aliphatic carbocycles. The van der Waals surface area contributed by atoms with Crippen LogP contribution in [0.1, 0.15) is 17.3 Å². The lowest BCUT2D eigenvalue weighted by Gasteiger charge is -2.18. The Morgan fingerprint density at radius 2 is 2.00 bits per heavy atom. The summed E-state index contributed by atoms with van der Waals surface area (Å²) in [5.74, 6) is 4.57. The Morgan fingerprint density at radius 1 is 1.24 bits per heavy atom. The predicted molar refractivity (Wildman–Crippen MR) is 70.7 cm³/mol. The van der Waals surface area contributed by atoms with E-state index in [1.807, 2.05) is 0 Å². The Balaban J connectivity index is 2.53. The van der Waals surface area contributed by atoms with Gasteiger partial charge in [-0.3, -0.25) is 5.84 Å². The van der Waals surface area contributed by atoms with E-state index < -0.39 is 17.7 Å². The molecule has 0 saturated carbocycles. The summed E-state index contributed by atoms with van der Waals surface area (Å²) in [6, 6.07) is 2.14. The molecule has 0 aliphatic heterocycles. The number of halogens is 2. The van der Waals surface area contributed by atoms with Gasteiger partial charge in [-0.2, -0.15) is 4.98 Å². The first kappa shape index (κ1) is 15.1. The number of aromatic nitrogens is 2. The molecule has 0 bridgehead atoms. The molecule has 0 aliphatic rings. The van der Waals surface area contributed by atoms with Crippen LogP contribution in [0.5, 0.6) is 11.8 Å². The standard InChI is InChI=1S/C13H14F2N4O2/c1-20-10-6-17-12(13(18-10)21-2)11(19-16)8-5-7(14)3-4-9(8)15/h3-6,11,19H,16H2,1-2H3. The Morgan fingerprint density at radius 3 is 2.62 bits per heavy atom. The number of nitrogens with one attached hydrogen (secondary N) is 1. The van der Waals surface area contributed by atoms with Crippen molar-refractivity contribution in [2.75, 3.05) is 14.2 Å². The molecule has 1 aromatic heterocycles. The number of ether oxygens (including phenoxy) is 2. The Kier molecular flexibility index (Phi) is 4.61. The van der Waals surface area contributed by atoms with Crippen LogP contribution in [0.3, 0.4) is 0 Å². The van der Waals surface area contributed by atoms with E-state index in [4.69, 9.17) is 15.3 Å². The lowest BCUT2D eigenvalue weighted by Crippen LogP contribution is -2.31. The highest BCUT2D eigenvalue weighted by molar-refractivity contribution is 5.35. The summed E-state index contributed by atoms with van der Waals surface area (Å²) in [5, 5.41) is 0. The van der Waals surface area contributed by atoms with Gasteiger partial charge in [0.05, 0.1) is 26.5 Å². The van der Waals surface area contributed by atoms with E-state index in [1.54, 1.807) is 0 Å². The van der Waals surface area contributed by atoms with Gasteiger partial charge in [0.1, 0.15) is 17.3 Å². The zero-order chi connectivity index (χ0) is 15.4. The number of rotatable bonds is 5. The number of benzene rings is 1. The number of nitrogens with zero attached hydrogens (tertiary/aromatic N) is 2. The van der Waals surface area contributed by atoms with Crippen LogP contribution in [0.4, 0.5) is 8.78 Å². The summed E-state index contributed by atoms with van der Waals surface area (Å²) < 4.78 is 37.3. The fourth-order valence-electron chi connectivity index (χ4n) is 1.86. The maximum Gasteiger partial charge on any atom is 0.240 e. The fraction of sp³-hybridized carbons (Fsp3) is 0.231. The highest BCUT2D eigenvalue weighted by atomic mass is 19.1. The number of nitrogens with two attached hydrogens (primary N) is 1. The fourth-order valence-corrected chi connectivity index (χ4v) is 1.86. The molecule has 112 valence electrons. The summed E-state index contributed by atoms with van der Waals surface area (Å²) in [6.45, 7) is 0. The summed E-state index contributed by atoms with van der Waals surface area (Å²) in [6.07, 6.45) is 1.33. The molecular weight excluding hydrogens is 282 g/mol. The van der Waals surface area contributed by atoms with Crippen molar-refractivity contribution in [1.82, 2.24) is 15.4 Å². The van der Waals surface area contributed by atoms with Crippen LogP contribution in [0, 0.1) is 11.6 Å². The molecule has 1 heterocycles. The van der Waals surface area contributed by atoms with Crippen molar-refractivity contribution in [2.24, 2.45) is 5.84 Å². The summed E-state index contributed by atoms with van der Waals surface area (Å²) in [4.78, 5) is 8.13. The summed E-state index contributed by atoms with van der Waals surface area (Å²) >= 11 is 0. The highest BCUT2D eigenvalue weighted by Crippen LogP contribution is 2.29. The molecule has 0 fully saturated rings. The third-order valence-corrected chi connectivity index (χ3v) is 2.86. The van der Waals surface area contributed by atoms with Gasteiger partial charge in [0.25, 0.3) is 0 Å². The van der Waals surface area contributed by atoms with Crippen molar-refractivity contribution in [3.8, 4) is 11.8 Å². The number of hydrogen-bond acceptors (Lipinski definition) is 6. The molecule has 0 radical (unpaired) electrons.